The van der Waals surface area contributed by atoms with Crippen LogP contribution < -0.4 is 15.4 Å². The van der Waals surface area contributed by atoms with Crippen molar-refractivity contribution >= 4 is 23.1 Å². The molecule has 4 aromatic rings. The van der Waals surface area contributed by atoms with Crippen molar-refractivity contribution in [2.75, 3.05) is 10.6 Å². The number of ether oxygens (including phenoxy) is 1. The molecule has 0 aliphatic carbocycles. The molecule has 0 atom stereocenters. The summed E-state index contributed by atoms with van der Waals surface area (Å²) in [6, 6.07) is 24.2. The van der Waals surface area contributed by atoms with Crippen molar-refractivity contribution in [2.45, 2.75) is 0 Å². The fourth-order valence-electron chi connectivity index (χ4n) is 2.62. The highest BCUT2D eigenvalue weighted by molar-refractivity contribution is 6.03. The Bertz CT molecular complexity index is 1070. The third-order valence-corrected chi connectivity index (χ3v) is 4.05. The average Bonchev–Trinajstić information content (AvgIpc) is 2.78. The van der Waals surface area contributed by atoms with Crippen LogP contribution in [0.4, 0.5) is 17.2 Å². The smallest absolute Gasteiger partial charge is 0.257 e. The molecule has 0 bridgehead atoms. The molecule has 6 heteroatoms. The summed E-state index contributed by atoms with van der Waals surface area (Å²) in [4.78, 5) is 20.4. The van der Waals surface area contributed by atoms with E-state index in [0.29, 0.717) is 17.1 Å². The number of nitrogens with one attached hydrogen (secondary N) is 2. The van der Waals surface area contributed by atoms with E-state index in [-0.39, 0.29) is 5.91 Å². The van der Waals surface area contributed by atoms with Crippen LogP contribution in [-0.4, -0.2) is 15.9 Å². The van der Waals surface area contributed by atoms with Crippen LogP contribution in [0.3, 0.4) is 0 Å². The minimum Gasteiger partial charge on any atom is -0.457 e. The molecule has 29 heavy (non-hydrogen) atoms. The van der Waals surface area contributed by atoms with E-state index in [1.807, 2.05) is 54.6 Å². The Morgan fingerprint density at radius 1 is 0.759 bits per heavy atom. The zero-order valence-electron chi connectivity index (χ0n) is 15.4. The van der Waals surface area contributed by atoms with Crippen LogP contribution in [0.5, 0.6) is 11.5 Å². The van der Waals surface area contributed by atoms with E-state index >= 15 is 0 Å². The fourth-order valence-corrected chi connectivity index (χ4v) is 2.62. The van der Waals surface area contributed by atoms with E-state index in [4.69, 9.17) is 4.74 Å². The van der Waals surface area contributed by atoms with Gasteiger partial charge < -0.3 is 15.4 Å². The number of aromatic nitrogens is 2. The molecule has 2 heterocycles. The first-order chi connectivity index (χ1) is 14.3. The molecule has 0 aliphatic rings. The van der Waals surface area contributed by atoms with Crippen LogP contribution in [0.2, 0.25) is 0 Å². The highest BCUT2D eigenvalue weighted by Crippen LogP contribution is 2.24. The van der Waals surface area contributed by atoms with Crippen molar-refractivity contribution in [3.05, 3.63) is 103 Å². The molecule has 2 aromatic heterocycles. The van der Waals surface area contributed by atoms with Gasteiger partial charge in [-0.25, -0.2) is 4.98 Å². The predicted octanol–water partition coefficient (Wildman–Crippen LogP) is 5.26. The summed E-state index contributed by atoms with van der Waals surface area (Å²) in [6.07, 6.45) is 4.74. The van der Waals surface area contributed by atoms with E-state index in [2.05, 4.69) is 20.6 Å². The monoisotopic (exact) mass is 382 g/mol. The van der Waals surface area contributed by atoms with Gasteiger partial charge in [-0.1, -0.05) is 18.2 Å². The molecule has 1 amide bonds. The van der Waals surface area contributed by atoms with Crippen molar-refractivity contribution in [3.63, 3.8) is 0 Å². The van der Waals surface area contributed by atoms with E-state index in [9.17, 15) is 4.79 Å². The van der Waals surface area contributed by atoms with Gasteiger partial charge in [0.2, 0.25) is 0 Å². The normalized spacial score (nSPS) is 10.2. The molecular formula is C23H18N4O2. The third kappa shape index (κ3) is 4.95. The molecule has 142 valence electrons. The van der Waals surface area contributed by atoms with Gasteiger partial charge in [0, 0.05) is 18.1 Å². The molecule has 2 N–H and O–H groups in total. The summed E-state index contributed by atoms with van der Waals surface area (Å²) < 4.78 is 5.78. The molecule has 0 fully saturated rings. The maximum Gasteiger partial charge on any atom is 0.257 e. The molecule has 0 spiro atoms. The van der Waals surface area contributed by atoms with E-state index < -0.39 is 0 Å². The van der Waals surface area contributed by atoms with Crippen molar-refractivity contribution < 1.29 is 9.53 Å². The number of hydrogen-bond donors (Lipinski definition) is 2. The van der Waals surface area contributed by atoms with Gasteiger partial charge in [0.25, 0.3) is 5.91 Å². The lowest BCUT2D eigenvalue weighted by molar-refractivity contribution is 0.102. The van der Waals surface area contributed by atoms with Crippen LogP contribution in [-0.2, 0) is 0 Å². The Kier molecular flexibility index (Phi) is 5.43. The quantitative estimate of drug-likeness (QED) is 0.475. The van der Waals surface area contributed by atoms with Crippen LogP contribution in [0.25, 0.3) is 0 Å². The largest absolute Gasteiger partial charge is 0.457 e. The number of carbonyl (C=O) groups excluding carboxylic acids is 1. The summed E-state index contributed by atoms with van der Waals surface area (Å²) >= 11 is 0. The zero-order chi connectivity index (χ0) is 19.9. The molecule has 0 saturated heterocycles. The number of amides is 1. The first-order valence-electron chi connectivity index (χ1n) is 9.04. The maximum absolute atomic E-state index is 12.1. The van der Waals surface area contributed by atoms with E-state index in [0.717, 1.165) is 17.2 Å². The second kappa shape index (κ2) is 8.67. The van der Waals surface area contributed by atoms with Gasteiger partial charge in [-0.3, -0.25) is 9.78 Å². The SMILES string of the molecule is O=C(Nc1ccc(Nc2ccc(Oc3ccccc3)cc2)nc1)c1cccnc1. The number of nitrogens with zero attached hydrogens (tertiary/aromatic N) is 2. The van der Waals surface area contributed by atoms with Crippen LogP contribution in [0, 0.1) is 0 Å². The van der Waals surface area contributed by atoms with Gasteiger partial charge in [-0.15, -0.1) is 0 Å². The molecule has 6 nitrogen and oxygen atoms in total. The lowest BCUT2D eigenvalue weighted by Gasteiger charge is -2.09. The van der Waals surface area contributed by atoms with Crippen molar-refractivity contribution in [1.29, 1.82) is 0 Å². The number of carbonyl (C=O) groups is 1. The van der Waals surface area contributed by atoms with E-state index in [1.54, 1.807) is 36.7 Å². The summed E-state index contributed by atoms with van der Waals surface area (Å²) in [7, 11) is 0. The standard InChI is InChI=1S/C23H18N4O2/c28-23(17-5-4-14-24-15-17)27-19-10-13-22(25-16-19)26-18-8-11-21(12-9-18)29-20-6-2-1-3-7-20/h1-16H,(H,25,26)(H,27,28). The maximum atomic E-state index is 12.1. The first kappa shape index (κ1) is 18.2. The van der Waals surface area contributed by atoms with Gasteiger partial charge in [-0.2, -0.15) is 0 Å². The van der Waals surface area contributed by atoms with Gasteiger partial charge in [0.1, 0.15) is 17.3 Å². The number of rotatable bonds is 6. The average molecular weight is 382 g/mol. The minimum absolute atomic E-state index is 0.227. The Morgan fingerprint density at radius 3 is 2.21 bits per heavy atom. The molecule has 0 unspecified atom stereocenters. The fraction of sp³-hybridized carbons (Fsp3) is 0. The van der Waals surface area contributed by atoms with Crippen molar-refractivity contribution in [2.24, 2.45) is 0 Å². The lowest BCUT2D eigenvalue weighted by Crippen LogP contribution is -2.12. The predicted molar refractivity (Wildman–Crippen MR) is 113 cm³/mol. The van der Waals surface area contributed by atoms with Crippen LogP contribution in [0.15, 0.2) is 97.5 Å². The highest BCUT2D eigenvalue weighted by Gasteiger charge is 2.06. The van der Waals surface area contributed by atoms with Crippen LogP contribution in [0.1, 0.15) is 10.4 Å². The van der Waals surface area contributed by atoms with Gasteiger partial charge >= 0.3 is 0 Å². The van der Waals surface area contributed by atoms with Gasteiger partial charge in [0.05, 0.1) is 17.4 Å². The summed E-state index contributed by atoms with van der Waals surface area (Å²) in [6.45, 7) is 0. The molecule has 2 aromatic carbocycles. The summed E-state index contributed by atoms with van der Waals surface area (Å²) in [5, 5.41) is 6.01. The van der Waals surface area contributed by atoms with Gasteiger partial charge in [0.15, 0.2) is 0 Å². The lowest BCUT2D eigenvalue weighted by atomic mass is 10.2. The number of anilines is 3. The zero-order valence-corrected chi connectivity index (χ0v) is 15.4. The number of hydrogen-bond acceptors (Lipinski definition) is 5. The second-order valence-electron chi connectivity index (χ2n) is 6.19. The van der Waals surface area contributed by atoms with Crippen molar-refractivity contribution in [1.82, 2.24) is 9.97 Å². The number of benzene rings is 2. The number of para-hydroxylation sites is 1. The Balaban J connectivity index is 1.35. The topological polar surface area (TPSA) is 76.1 Å². The molecule has 0 aliphatic heterocycles. The Morgan fingerprint density at radius 2 is 1.52 bits per heavy atom. The Hall–Kier alpha value is -4.19. The molecule has 4 rings (SSSR count). The molecule has 0 radical (unpaired) electrons. The number of pyridine rings is 2. The van der Waals surface area contributed by atoms with Crippen LogP contribution >= 0.6 is 0 Å². The third-order valence-electron chi connectivity index (χ3n) is 4.05. The summed E-state index contributed by atoms with van der Waals surface area (Å²) in [5.41, 5.74) is 1.98. The van der Waals surface area contributed by atoms with E-state index in [1.165, 1.54) is 6.20 Å². The van der Waals surface area contributed by atoms with Gasteiger partial charge in [-0.05, 0) is 60.7 Å². The summed E-state index contributed by atoms with van der Waals surface area (Å²) in [5.74, 6) is 1.98. The highest BCUT2D eigenvalue weighted by atomic mass is 16.5. The Labute approximate surface area is 168 Å². The molecular weight excluding hydrogens is 364 g/mol. The van der Waals surface area contributed by atoms with Crippen molar-refractivity contribution in [3.8, 4) is 11.5 Å². The second-order valence-corrected chi connectivity index (χ2v) is 6.19. The molecule has 0 saturated carbocycles. The first-order valence-corrected chi connectivity index (χ1v) is 9.04. The minimum atomic E-state index is -0.227.